The molecule has 152 valence electrons. The number of anilines is 3. The summed E-state index contributed by atoms with van der Waals surface area (Å²) in [5.41, 5.74) is 4.76. The number of rotatable bonds is 3. The van der Waals surface area contributed by atoms with Crippen LogP contribution < -0.4 is 15.5 Å². The van der Waals surface area contributed by atoms with E-state index >= 15 is 0 Å². The van der Waals surface area contributed by atoms with Gasteiger partial charge in [0.05, 0.1) is 5.69 Å². The predicted octanol–water partition coefficient (Wildman–Crippen LogP) is 5.09. The van der Waals surface area contributed by atoms with Gasteiger partial charge in [0, 0.05) is 35.4 Å². The van der Waals surface area contributed by atoms with E-state index in [1.54, 1.807) is 47.1 Å². The van der Waals surface area contributed by atoms with E-state index in [2.05, 4.69) is 15.6 Å². The summed E-state index contributed by atoms with van der Waals surface area (Å²) in [5.74, 6) is 0.567. The molecule has 1 aliphatic heterocycles. The number of pyridine rings is 1. The summed E-state index contributed by atoms with van der Waals surface area (Å²) in [5, 5.41) is 6.69. The third-order valence-electron chi connectivity index (χ3n) is 4.85. The van der Waals surface area contributed by atoms with Gasteiger partial charge in [-0.2, -0.15) is 0 Å². The van der Waals surface area contributed by atoms with Crippen LogP contribution in [0.2, 0.25) is 0 Å². The van der Waals surface area contributed by atoms with E-state index in [1.165, 1.54) is 0 Å². The SMILES string of the molecule is Cc1ccc(NC(=O)c2cccc(NC(=O)N3CCSc4ncccc43)c2)c(C)c1. The van der Waals surface area contributed by atoms with Crippen molar-refractivity contribution in [2.24, 2.45) is 0 Å². The van der Waals surface area contributed by atoms with E-state index < -0.39 is 0 Å². The lowest BCUT2D eigenvalue weighted by molar-refractivity contribution is 0.102. The summed E-state index contributed by atoms with van der Waals surface area (Å²) in [6.07, 6.45) is 1.73. The Kier molecular flexibility index (Phi) is 5.72. The van der Waals surface area contributed by atoms with Gasteiger partial charge < -0.3 is 10.6 Å². The summed E-state index contributed by atoms with van der Waals surface area (Å²) in [7, 11) is 0. The van der Waals surface area contributed by atoms with E-state index in [9.17, 15) is 9.59 Å². The van der Waals surface area contributed by atoms with E-state index in [4.69, 9.17) is 0 Å². The second kappa shape index (κ2) is 8.59. The standard InChI is InChI=1S/C23H22N4O2S/c1-15-8-9-19(16(2)13-15)26-21(28)17-5-3-6-18(14-17)25-23(29)27-11-12-30-22-20(27)7-4-10-24-22/h3-10,13-14H,11-12H2,1-2H3,(H,25,29)(H,26,28). The number of fused-ring (bicyclic) bond motifs is 1. The molecule has 4 rings (SSSR count). The highest BCUT2D eigenvalue weighted by molar-refractivity contribution is 7.99. The van der Waals surface area contributed by atoms with E-state index in [0.717, 1.165) is 33.3 Å². The number of carbonyl (C=O) groups excluding carboxylic acids is 2. The van der Waals surface area contributed by atoms with Gasteiger partial charge in [0.2, 0.25) is 0 Å². The molecular weight excluding hydrogens is 396 g/mol. The fourth-order valence-corrected chi connectivity index (χ4v) is 4.27. The molecule has 30 heavy (non-hydrogen) atoms. The van der Waals surface area contributed by atoms with Gasteiger partial charge in [0.25, 0.3) is 5.91 Å². The van der Waals surface area contributed by atoms with E-state index in [1.807, 2.05) is 44.2 Å². The molecule has 2 N–H and O–H groups in total. The number of aromatic nitrogens is 1. The number of thioether (sulfide) groups is 1. The monoisotopic (exact) mass is 418 g/mol. The second-order valence-electron chi connectivity index (χ2n) is 7.11. The lowest BCUT2D eigenvalue weighted by Crippen LogP contribution is -2.38. The maximum atomic E-state index is 12.9. The van der Waals surface area contributed by atoms with Gasteiger partial charge in [-0.05, 0) is 55.8 Å². The van der Waals surface area contributed by atoms with Crippen LogP contribution in [0, 0.1) is 13.8 Å². The molecule has 1 aliphatic rings. The fraction of sp³-hybridized carbons (Fsp3) is 0.174. The molecular formula is C23H22N4O2S. The number of hydrogen-bond donors (Lipinski definition) is 2. The lowest BCUT2D eigenvalue weighted by atomic mass is 10.1. The third kappa shape index (κ3) is 4.31. The van der Waals surface area contributed by atoms with Crippen molar-refractivity contribution in [3.05, 3.63) is 77.5 Å². The van der Waals surface area contributed by atoms with Crippen LogP contribution in [-0.4, -0.2) is 29.2 Å². The highest BCUT2D eigenvalue weighted by Gasteiger charge is 2.23. The van der Waals surface area contributed by atoms with Gasteiger partial charge >= 0.3 is 6.03 Å². The maximum absolute atomic E-state index is 12.9. The first-order chi connectivity index (χ1) is 14.5. The summed E-state index contributed by atoms with van der Waals surface area (Å²) in [4.78, 5) is 31.6. The Labute approximate surface area is 179 Å². The molecule has 2 aromatic carbocycles. The Bertz CT molecular complexity index is 1120. The van der Waals surface area contributed by atoms with Crippen LogP contribution in [0.3, 0.4) is 0 Å². The first-order valence-electron chi connectivity index (χ1n) is 9.66. The van der Waals surface area contributed by atoms with Gasteiger partial charge in [-0.3, -0.25) is 9.69 Å². The summed E-state index contributed by atoms with van der Waals surface area (Å²) in [6, 6.07) is 16.3. The predicted molar refractivity (Wildman–Crippen MR) is 122 cm³/mol. The first-order valence-corrected chi connectivity index (χ1v) is 10.6. The molecule has 0 bridgehead atoms. The zero-order valence-corrected chi connectivity index (χ0v) is 17.6. The second-order valence-corrected chi connectivity index (χ2v) is 8.19. The van der Waals surface area contributed by atoms with Gasteiger partial charge in [-0.15, -0.1) is 11.8 Å². The number of carbonyl (C=O) groups is 2. The molecule has 2 heterocycles. The van der Waals surface area contributed by atoms with Gasteiger partial charge in [-0.25, -0.2) is 9.78 Å². The third-order valence-corrected chi connectivity index (χ3v) is 5.82. The molecule has 6 nitrogen and oxygen atoms in total. The van der Waals surface area contributed by atoms with Crippen LogP contribution in [-0.2, 0) is 0 Å². The average Bonchev–Trinajstić information content (AvgIpc) is 2.75. The Morgan fingerprint density at radius 3 is 2.73 bits per heavy atom. The Morgan fingerprint density at radius 2 is 1.90 bits per heavy atom. The summed E-state index contributed by atoms with van der Waals surface area (Å²) < 4.78 is 0. The van der Waals surface area contributed by atoms with Crippen LogP contribution in [0.1, 0.15) is 21.5 Å². The van der Waals surface area contributed by atoms with Crippen molar-refractivity contribution in [1.82, 2.24) is 4.98 Å². The molecule has 3 amide bonds. The van der Waals surface area contributed by atoms with Gasteiger partial charge in [0.1, 0.15) is 5.03 Å². The zero-order chi connectivity index (χ0) is 21.1. The molecule has 0 saturated heterocycles. The largest absolute Gasteiger partial charge is 0.326 e. The minimum absolute atomic E-state index is 0.220. The molecule has 0 spiro atoms. The molecule has 0 aliphatic carbocycles. The number of nitrogens with one attached hydrogen (secondary N) is 2. The van der Waals surface area contributed by atoms with Crippen molar-refractivity contribution in [2.75, 3.05) is 27.8 Å². The van der Waals surface area contributed by atoms with Crippen LogP contribution in [0.15, 0.2) is 65.8 Å². The summed E-state index contributed by atoms with van der Waals surface area (Å²) in [6.45, 7) is 4.57. The number of hydrogen-bond acceptors (Lipinski definition) is 4. The minimum Gasteiger partial charge on any atom is -0.322 e. The first kappa shape index (κ1) is 20.0. The van der Waals surface area contributed by atoms with E-state index in [-0.39, 0.29) is 11.9 Å². The topological polar surface area (TPSA) is 74.3 Å². The average molecular weight is 419 g/mol. The van der Waals surface area contributed by atoms with Crippen LogP contribution in [0.25, 0.3) is 0 Å². The number of urea groups is 1. The molecule has 0 atom stereocenters. The van der Waals surface area contributed by atoms with Gasteiger partial charge in [-0.1, -0.05) is 23.8 Å². The molecule has 7 heteroatoms. The zero-order valence-electron chi connectivity index (χ0n) is 16.8. The quantitative estimate of drug-likeness (QED) is 0.621. The Balaban J connectivity index is 1.48. The van der Waals surface area contributed by atoms with Crippen molar-refractivity contribution in [3.8, 4) is 0 Å². The number of amides is 3. The van der Waals surface area contributed by atoms with Crippen molar-refractivity contribution in [3.63, 3.8) is 0 Å². The molecule has 0 fully saturated rings. The Hall–Kier alpha value is -3.32. The molecule has 0 radical (unpaired) electrons. The Morgan fingerprint density at radius 1 is 1.03 bits per heavy atom. The molecule has 0 saturated carbocycles. The summed E-state index contributed by atoms with van der Waals surface area (Å²) >= 11 is 1.64. The van der Waals surface area contributed by atoms with Crippen LogP contribution in [0.4, 0.5) is 21.9 Å². The van der Waals surface area contributed by atoms with Crippen molar-refractivity contribution >= 4 is 40.8 Å². The highest BCUT2D eigenvalue weighted by atomic mass is 32.2. The number of benzene rings is 2. The maximum Gasteiger partial charge on any atom is 0.326 e. The van der Waals surface area contributed by atoms with Crippen molar-refractivity contribution < 1.29 is 9.59 Å². The van der Waals surface area contributed by atoms with Crippen LogP contribution in [0.5, 0.6) is 0 Å². The molecule has 0 unspecified atom stereocenters. The molecule has 3 aromatic rings. The van der Waals surface area contributed by atoms with Gasteiger partial charge in [0.15, 0.2) is 0 Å². The van der Waals surface area contributed by atoms with Crippen LogP contribution >= 0.6 is 11.8 Å². The van der Waals surface area contributed by atoms with E-state index in [0.29, 0.717) is 17.8 Å². The minimum atomic E-state index is -0.239. The lowest BCUT2D eigenvalue weighted by Gasteiger charge is -2.28. The smallest absolute Gasteiger partial charge is 0.322 e. The number of aryl methyl sites for hydroxylation is 2. The fourth-order valence-electron chi connectivity index (χ4n) is 3.34. The van der Waals surface area contributed by atoms with Crippen molar-refractivity contribution in [1.29, 1.82) is 0 Å². The normalized spacial score (nSPS) is 12.8. The highest BCUT2D eigenvalue weighted by Crippen LogP contribution is 2.32. The molecule has 1 aromatic heterocycles. The van der Waals surface area contributed by atoms with Crippen molar-refractivity contribution in [2.45, 2.75) is 18.9 Å². The number of nitrogens with zero attached hydrogens (tertiary/aromatic N) is 2.